The molecular formula is C28H36N2O. The lowest BCUT2D eigenvalue weighted by atomic mass is 9.77. The van der Waals surface area contributed by atoms with E-state index in [0.717, 1.165) is 38.0 Å². The van der Waals surface area contributed by atoms with Gasteiger partial charge in [0, 0.05) is 48.7 Å². The molecule has 0 spiro atoms. The molecule has 1 aromatic heterocycles. The third kappa shape index (κ3) is 4.06. The van der Waals surface area contributed by atoms with Crippen molar-refractivity contribution < 1.29 is 5.11 Å². The molecule has 31 heavy (non-hydrogen) atoms. The van der Waals surface area contributed by atoms with Gasteiger partial charge in [-0.3, -0.25) is 0 Å². The van der Waals surface area contributed by atoms with Gasteiger partial charge < -0.3 is 14.6 Å². The van der Waals surface area contributed by atoms with E-state index in [1.807, 2.05) is 18.2 Å². The summed E-state index contributed by atoms with van der Waals surface area (Å²) in [6.07, 6.45) is 11.1. The molecule has 3 heteroatoms. The van der Waals surface area contributed by atoms with Crippen molar-refractivity contribution in [2.45, 2.75) is 63.5 Å². The minimum Gasteiger partial charge on any atom is -0.385 e. The van der Waals surface area contributed by atoms with E-state index in [1.165, 1.54) is 48.6 Å². The van der Waals surface area contributed by atoms with E-state index in [1.54, 1.807) is 0 Å². The van der Waals surface area contributed by atoms with Crippen LogP contribution in [0, 0.1) is 5.92 Å². The van der Waals surface area contributed by atoms with Gasteiger partial charge in [-0.2, -0.15) is 0 Å². The van der Waals surface area contributed by atoms with Gasteiger partial charge in [-0.1, -0.05) is 74.7 Å². The SMILES string of the molecule is CC1CN(CCc2cn(C3CCCCC3)c3ccccc23)CCC1(O)c1ccccc1. The van der Waals surface area contributed by atoms with Crippen molar-refractivity contribution in [2.24, 2.45) is 5.92 Å². The number of fused-ring (bicyclic) bond motifs is 1. The van der Waals surface area contributed by atoms with Gasteiger partial charge in [0.1, 0.15) is 0 Å². The van der Waals surface area contributed by atoms with Crippen LogP contribution >= 0.6 is 0 Å². The second-order valence-corrected chi connectivity index (χ2v) is 9.86. The van der Waals surface area contributed by atoms with Crippen LogP contribution in [0.25, 0.3) is 10.9 Å². The summed E-state index contributed by atoms with van der Waals surface area (Å²) in [7, 11) is 0. The van der Waals surface area contributed by atoms with Gasteiger partial charge in [0.25, 0.3) is 0 Å². The fourth-order valence-electron chi connectivity index (χ4n) is 5.98. The highest BCUT2D eigenvalue weighted by Crippen LogP contribution is 2.37. The predicted molar refractivity (Wildman–Crippen MR) is 128 cm³/mol. The maximum atomic E-state index is 11.4. The Morgan fingerprint density at radius 1 is 0.968 bits per heavy atom. The Bertz CT molecular complexity index is 1000. The average molecular weight is 417 g/mol. The lowest BCUT2D eigenvalue weighted by Crippen LogP contribution is -2.49. The number of benzene rings is 2. The number of piperidine rings is 1. The first kappa shape index (κ1) is 20.8. The van der Waals surface area contributed by atoms with Gasteiger partial charge in [0.2, 0.25) is 0 Å². The molecule has 1 aliphatic carbocycles. The number of aromatic nitrogens is 1. The monoisotopic (exact) mass is 416 g/mol. The lowest BCUT2D eigenvalue weighted by Gasteiger charge is -2.43. The number of nitrogens with zero attached hydrogens (tertiary/aromatic N) is 2. The van der Waals surface area contributed by atoms with Crippen molar-refractivity contribution in [2.75, 3.05) is 19.6 Å². The molecule has 2 atom stereocenters. The van der Waals surface area contributed by atoms with Crippen LogP contribution in [0.3, 0.4) is 0 Å². The van der Waals surface area contributed by atoms with Crippen molar-refractivity contribution in [3.05, 3.63) is 71.9 Å². The molecule has 2 heterocycles. The Hall–Kier alpha value is -2.10. The van der Waals surface area contributed by atoms with E-state index >= 15 is 0 Å². The number of rotatable bonds is 5. The zero-order valence-corrected chi connectivity index (χ0v) is 18.8. The third-order valence-corrected chi connectivity index (χ3v) is 7.92. The quantitative estimate of drug-likeness (QED) is 0.559. The zero-order valence-electron chi connectivity index (χ0n) is 18.8. The molecule has 1 saturated carbocycles. The molecule has 164 valence electrons. The largest absolute Gasteiger partial charge is 0.385 e. The average Bonchev–Trinajstić information content (AvgIpc) is 3.20. The van der Waals surface area contributed by atoms with Crippen molar-refractivity contribution >= 4 is 10.9 Å². The molecule has 0 amide bonds. The predicted octanol–water partition coefficient (Wildman–Crippen LogP) is 5.92. The molecule has 3 aromatic rings. The smallest absolute Gasteiger partial charge is 0.0946 e. The van der Waals surface area contributed by atoms with E-state index in [4.69, 9.17) is 0 Å². The van der Waals surface area contributed by atoms with Gasteiger partial charge in [-0.05, 0) is 42.9 Å². The van der Waals surface area contributed by atoms with Gasteiger partial charge in [-0.25, -0.2) is 0 Å². The van der Waals surface area contributed by atoms with E-state index in [9.17, 15) is 5.11 Å². The fraction of sp³-hybridized carbons (Fsp3) is 0.500. The number of aliphatic hydroxyl groups is 1. The summed E-state index contributed by atoms with van der Waals surface area (Å²) in [6.45, 7) is 5.17. The Labute approximate surface area is 186 Å². The van der Waals surface area contributed by atoms with Crippen LogP contribution in [0.5, 0.6) is 0 Å². The Morgan fingerprint density at radius 2 is 1.71 bits per heavy atom. The summed E-state index contributed by atoms with van der Waals surface area (Å²) in [6, 6.07) is 19.9. The Kier molecular flexibility index (Phi) is 5.90. The summed E-state index contributed by atoms with van der Waals surface area (Å²) in [5.41, 5.74) is 3.26. The first-order valence-corrected chi connectivity index (χ1v) is 12.2. The molecule has 0 radical (unpaired) electrons. The second kappa shape index (κ2) is 8.80. The minimum atomic E-state index is -0.700. The summed E-state index contributed by atoms with van der Waals surface area (Å²) in [5.74, 6) is 0.229. The van der Waals surface area contributed by atoms with Crippen LogP contribution in [0.2, 0.25) is 0 Å². The fourth-order valence-corrected chi connectivity index (χ4v) is 5.98. The lowest BCUT2D eigenvalue weighted by molar-refractivity contribution is -0.0707. The molecule has 1 N–H and O–H groups in total. The maximum Gasteiger partial charge on any atom is 0.0946 e. The molecule has 5 rings (SSSR count). The van der Waals surface area contributed by atoms with Crippen LogP contribution in [0.4, 0.5) is 0 Å². The maximum absolute atomic E-state index is 11.4. The molecule has 1 saturated heterocycles. The highest BCUT2D eigenvalue weighted by molar-refractivity contribution is 5.84. The van der Waals surface area contributed by atoms with Crippen LogP contribution in [0.1, 0.15) is 62.6 Å². The van der Waals surface area contributed by atoms with E-state index in [-0.39, 0.29) is 5.92 Å². The minimum absolute atomic E-state index is 0.229. The molecule has 1 aliphatic heterocycles. The summed E-state index contributed by atoms with van der Waals surface area (Å²) >= 11 is 0. The van der Waals surface area contributed by atoms with Gasteiger partial charge in [0.15, 0.2) is 0 Å². The number of hydrogen-bond donors (Lipinski definition) is 1. The van der Waals surface area contributed by atoms with Crippen LogP contribution in [-0.2, 0) is 12.0 Å². The van der Waals surface area contributed by atoms with Crippen LogP contribution in [0.15, 0.2) is 60.8 Å². The normalized spacial score (nSPS) is 25.8. The summed E-state index contributed by atoms with van der Waals surface area (Å²) in [4.78, 5) is 2.55. The first-order chi connectivity index (χ1) is 15.1. The Balaban J connectivity index is 1.29. The standard InChI is InChI=1S/C28H36N2O/c1-22-20-29(19-17-28(22,31)24-10-4-2-5-11-24)18-16-23-21-30(25-12-6-3-7-13-25)27-15-9-8-14-26(23)27/h2,4-5,8-11,14-15,21-22,25,31H,3,6-7,12-13,16-20H2,1H3. The number of para-hydroxylation sites is 1. The van der Waals surface area contributed by atoms with Gasteiger partial charge >= 0.3 is 0 Å². The molecule has 2 aliphatic rings. The second-order valence-electron chi connectivity index (χ2n) is 9.86. The van der Waals surface area contributed by atoms with Gasteiger partial charge in [0.05, 0.1) is 5.60 Å². The molecule has 2 aromatic carbocycles. The zero-order chi connectivity index (χ0) is 21.3. The van der Waals surface area contributed by atoms with Crippen molar-refractivity contribution in [3.8, 4) is 0 Å². The molecule has 2 fully saturated rings. The highest BCUT2D eigenvalue weighted by Gasteiger charge is 2.40. The van der Waals surface area contributed by atoms with Crippen LogP contribution < -0.4 is 0 Å². The van der Waals surface area contributed by atoms with Crippen LogP contribution in [-0.4, -0.2) is 34.2 Å². The van der Waals surface area contributed by atoms with Crippen molar-refractivity contribution in [3.63, 3.8) is 0 Å². The topological polar surface area (TPSA) is 28.4 Å². The number of hydrogen-bond acceptors (Lipinski definition) is 2. The third-order valence-electron chi connectivity index (χ3n) is 7.92. The molecular weight excluding hydrogens is 380 g/mol. The molecule has 0 bridgehead atoms. The molecule has 2 unspecified atom stereocenters. The highest BCUT2D eigenvalue weighted by atomic mass is 16.3. The Morgan fingerprint density at radius 3 is 2.48 bits per heavy atom. The number of likely N-dealkylation sites (tertiary alicyclic amines) is 1. The van der Waals surface area contributed by atoms with E-state index in [2.05, 4.69) is 59.0 Å². The van der Waals surface area contributed by atoms with Crippen molar-refractivity contribution in [1.29, 1.82) is 0 Å². The van der Waals surface area contributed by atoms with E-state index < -0.39 is 5.60 Å². The molecule has 3 nitrogen and oxygen atoms in total. The van der Waals surface area contributed by atoms with E-state index in [0.29, 0.717) is 6.04 Å². The van der Waals surface area contributed by atoms with Gasteiger partial charge in [-0.15, -0.1) is 0 Å². The summed E-state index contributed by atoms with van der Waals surface area (Å²) < 4.78 is 2.58. The summed E-state index contributed by atoms with van der Waals surface area (Å²) in [5, 5.41) is 12.8. The van der Waals surface area contributed by atoms with Crippen molar-refractivity contribution in [1.82, 2.24) is 9.47 Å². The first-order valence-electron chi connectivity index (χ1n) is 12.2.